The molecular weight excluding hydrogens is 396 g/mol. The summed E-state index contributed by atoms with van der Waals surface area (Å²) >= 11 is 12.6. The van der Waals surface area contributed by atoms with E-state index in [9.17, 15) is 4.39 Å². The minimum absolute atomic E-state index is 0.372. The molecule has 2 aromatic rings. The molecule has 0 aliphatic carbocycles. The Morgan fingerprint density at radius 3 is 2.53 bits per heavy atom. The van der Waals surface area contributed by atoms with E-state index in [-0.39, 0.29) is 5.82 Å². The minimum Gasteiger partial charge on any atom is -0.320 e. The lowest BCUT2D eigenvalue weighted by molar-refractivity contribution is 0.598. The van der Waals surface area contributed by atoms with Gasteiger partial charge in [0, 0.05) is 14.5 Å². The zero-order chi connectivity index (χ0) is 14.2. The van der Waals surface area contributed by atoms with E-state index in [1.54, 1.807) is 6.07 Å². The Hall–Kier alpha value is -0.420. The van der Waals surface area contributed by atoms with Gasteiger partial charge in [-0.25, -0.2) is 4.39 Å². The van der Waals surface area contributed by atoms with Gasteiger partial charge in [-0.05, 0) is 58.2 Å². The van der Waals surface area contributed by atoms with Gasteiger partial charge in [0.15, 0.2) is 0 Å². The lowest BCUT2D eigenvalue weighted by Crippen LogP contribution is -2.15. The molecule has 0 heterocycles. The van der Waals surface area contributed by atoms with E-state index >= 15 is 0 Å². The average Bonchev–Trinajstić information content (AvgIpc) is 2.36. The standard InChI is InChI=1S/C14H11Br2ClFN/c1-7-2-3-8(15)4-9(7)14(19)10-5-12(17)11(16)6-13(10)18/h2-6,14H,19H2,1H3. The molecule has 1 nitrogen and oxygen atoms in total. The molecule has 100 valence electrons. The van der Waals surface area contributed by atoms with Gasteiger partial charge in [-0.3, -0.25) is 0 Å². The Balaban J connectivity index is 2.52. The van der Waals surface area contributed by atoms with Crippen LogP contribution >= 0.6 is 43.5 Å². The van der Waals surface area contributed by atoms with E-state index in [1.165, 1.54) is 6.07 Å². The summed E-state index contributed by atoms with van der Waals surface area (Å²) in [5, 5.41) is 0.444. The molecule has 0 aromatic heterocycles. The number of aryl methyl sites for hydroxylation is 1. The van der Waals surface area contributed by atoms with Crippen molar-refractivity contribution in [2.24, 2.45) is 5.73 Å². The highest BCUT2D eigenvalue weighted by atomic mass is 79.9. The summed E-state index contributed by atoms with van der Waals surface area (Å²) in [6.07, 6.45) is 0. The van der Waals surface area contributed by atoms with Crippen LogP contribution in [0.4, 0.5) is 4.39 Å². The number of benzene rings is 2. The van der Waals surface area contributed by atoms with Gasteiger partial charge in [-0.15, -0.1) is 0 Å². The van der Waals surface area contributed by atoms with Crippen LogP contribution in [0.1, 0.15) is 22.7 Å². The first kappa shape index (κ1) is 15.0. The SMILES string of the molecule is Cc1ccc(Br)cc1C(N)c1cc(Cl)c(Br)cc1F. The molecule has 2 N–H and O–H groups in total. The Morgan fingerprint density at radius 1 is 1.16 bits per heavy atom. The fraction of sp³-hybridized carbons (Fsp3) is 0.143. The zero-order valence-electron chi connectivity index (χ0n) is 10.1. The van der Waals surface area contributed by atoms with Crippen molar-refractivity contribution in [3.8, 4) is 0 Å². The fourth-order valence-corrected chi connectivity index (χ4v) is 2.76. The molecule has 0 aliphatic heterocycles. The number of nitrogens with two attached hydrogens (primary N) is 1. The summed E-state index contributed by atoms with van der Waals surface area (Å²) in [4.78, 5) is 0. The normalized spacial score (nSPS) is 12.5. The van der Waals surface area contributed by atoms with Gasteiger partial charge in [0.05, 0.1) is 11.1 Å². The van der Waals surface area contributed by atoms with Crippen LogP contribution in [-0.2, 0) is 0 Å². The van der Waals surface area contributed by atoms with E-state index in [0.717, 1.165) is 15.6 Å². The van der Waals surface area contributed by atoms with E-state index in [2.05, 4.69) is 31.9 Å². The lowest BCUT2D eigenvalue weighted by Gasteiger charge is -2.17. The van der Waals surface area contributed by atoms with E-state index < -0.39 is 6.04 Å². The molecule has 1 unspecified atom stereocenters. The third kappa shape index (κ3) is 3.19. The molecule has 0 saturated heterocycles. The zero-order valence-corrected chi connectivity index (χ0v) is 14.0. The molecular formula is C14H11Br2ClFN. The molecule has 5 heteroatoms. The summed E-state index contributed by atoms with van der Waals surface area (Å²) in [5.41, 5.74) is 8.43. The first-order chi connectivity index (χ1) is 8.90. The van der Waals surface area contributed by atoms with Crippen molar-refractivity contribution in [2.75, 3.05) is 0 Å². The van der Waals surface area contributed by atoms with Gasteiger partial charge >= 0.3 is 0 Å². The van der Waals surface area contributed by atoms with E-state index in [4.69, 9.17) is 17.3 Å². The lowest BCUT2D eigenvalue weighted by atomic mass is 9.95. The topological polar surface area (TPSA) is 26.0 Å². The van der Waals surface area contributed by atoms with Crippen LogP contribution in [0.15, 0.2) is 39.3 Å². The molecule has 0 fully saturated rings. The highest BCUT2D eigenvalue weighted by Crippen LogP contribution is 2.32. The second-order valence-corrected chi connectivity index (χ2v) is 6.44. The quantitative estimate of drug-likeness (QED) is 0.667. The second kappa shape index (κ2) is 5.92. The van der Waals surface area contributed by atoms with E-state index in [1.807, 2.05) is 25.1 Å². The minimum atomic E-state index is -0.553. The maximum atomic E-state index is 14.0. The van der Waals surface area contributed by atoms with Gasteiger partial charge in [0.2, 0.25) is 0 Å². The third-order valence-corrected chi connectivity index (χ3v) is 4.64. The van der Waals surface area contributed by atoms with Crippen molar-refractivity contribution in [3.63, 3.8) is 0 Å². The van der Waals surface area contributed by atoms with Gasteiger partial charge in [-0.2, -0.15) is 0 Å². The first-order valence-electron chi connectivity index (χ1n) is 5.56. The monoisotopic (exact) mass is 405 g/mol. The van der Waals surface area contributed by atoms with Crippen LogP contribution in [0.3, 0.4) is 0 Å². The molecule has 1 atom stereocenters. The van der Waals surface area contributed by atoms with Crippen molar-refractivity contribution < 1.29 is 4.39 Å². The largest absolute Gasteiger partial charge is 0.320 e. The number of rotatable bonds is 2. The summed E-state index contributed by atoms with van der Waals surface area (Å²) in [6, 6.07) is 8.11. The van der Waals surface area contributed by atoms with Crippen LogP contribution in [0, 0.1) is 12.7 Å². The number of halogens is 4. The average molecular weight is 408 g/mol. The molecule has 0 aliphatic rings. The molecule has 0 bridgehead atoms. The smallest absolute Gasteiger partial charge is 0.129 e. The second-order valence-electron chi connectivity index (χ2n) is 4.27. The predicted molar refractivity (Wildman–Crippen MR) is 84.0 cm³/mol. The van der Waals surface area contributed by atoms with Crippen LogP contribution in [0.25, 0.3) is 0 Å². The maximum Gasteiger partial charge on any atom is 0.129 e. The van der Waals surface area contributed by atoms with E-state index in [0.29, 0.717) is 15.1 Å². The third-order valence-electron chi connectivity index (χ3n) is 2.95. The summed E-state index contributed by atoms with van der Waals surface area (Å²) in [7, 11) is 0. The Bertz CT molecular complexity index is 631. The van der Waals surface area contributed by atoms with Gasteiger partial charge < -0.3 is 5.73 Å². The first-order valence-corrected chi connectivity index (χ1v) is 7.52. The molecule has 0 radical (unpaired) electrons. The molecule has 2 aromatic carbocycles. The summed E-state index contributed by atoms with van der Waals surface area (Å²) in [6.45, 7) is 1.94. The predicted octanol–water partition coefficient (Wildman–Crippen LogP) is 5.36. The molecule has 0 spiro atoms. The van der Waals surface area contributed by atoms with Crippen molar-refractivity contribution in [2.45, 2.75) is 13.0 Å². The summed E-state index contributed by atoms with van der Waals surface area (Å²) in [5.74, 6) is -0.372. The van der Waals surface area contributed by atoms with Crippen molar-refractivity contribution in [1.82, 2.24) is 0 Å². The molecule has 19 heavy (non-hydrogen) atoms. The Labute approximate surface area is 133 Å². The van der Waals surface area contributed by atoms with Crippen LogP contribution in [0.5, 0.6) is 0 Å². The Kier molecular flexibility index (Phi) is 4.66. The van der Waals surface area contributed by atoms with Crippen molar-refractivity contribution >= 4 is 43.5 Å². The van der Waals surface area contributed by atoms with Crippen LogP contribution in [0.2, 0.25) is 5.02 Å². The van der Waals surface area contributed by atoms with Crippen molar-refractivity contribution in [3.05, 3.63) is 66.8 Å². The van der Waals surface area contributed by atoms with Crippen LogP contribution < -0.4 is 5.73 Å². The molecule has 0 amide bonds. The Morgan fingerprint density at radius 2 is 1.84 bits per heavy atom. The highest BCUT2D eigenvalue weighted by molar-refractivity contribution is 9.10. The van der Waals surface area contributed by atoms with Gasteiger partial charge in [0.1, 0.15) is 5.82 Å². The van der Waals surface area contributed by atoms with Crippen LogP contribution in [-0.4, -0.2) is 0 Å². The fourth-order valence-electron chi connectivity index (χ4n) is 1.89. The van der Waals surface area contributed by atoms with Gasteiger partial charge in [0.25, 0.3) is 0 Å². The maximum absolute atomic E-state index is 14.0. The summed E-state index contributed by atoms with van der Waals surface area (Å²) < 4.78 is 15.4. The number of hydrogen-bond donors (Lipinski definition) is 1. The molecule has 2 rings (SSSR count). The van der Waals surface area contributed by atoms with Crippen molar-refractivity contribution in [1.29, 1.82) is 0 Å². The molecule has 0 saturated carbocycles. The highest BCUT2D eigenvalue weighted by Gasteiger charge is 2.17. The van der Waals surface area contributed by atoms with Gasteiger partial charge in [-0.1, -0.05) is 33.6 Å². The number of hydrogen-bond acceptors (Lipinski definition) is 1.